The van der Waals surface area contributed by atoms with Crippen LogP contribution in [-0.4, -0.2) is 17.8 Å². The number of aliphatic hydroxyl groups excluding tert-OH is 1. The molecule has 0 aromatic heterocycles. The highest BCUT2D eigenvalue weighted by molar-refractivity contribution is 5.31. The fourth-order valence-corrected chi connectivity index (χ4v) is 2.60. The number of benzene rings is 2. The molecular formula is C19H25NO. The van der Waals surface area contributed by atoms with Gasteiger partial charge in [-0.2, -0.15) is 0 Å². The first-order chi connectivity index (χ1) is 10.2. The van der Waals surface area contributed by atoms with Gasteiger partial charge in [0.2, 0.25) is 0 Å². The lowest BCUT2D eigenvalue weighted by molar-refractivity contribution is 0.144. The maximum Gasteiger partial charge on any atom is 0.0667 e. The van der Waals surface area contributed by atoms with E-state index in [1.807, 2.05) is 12.1 Å². The van der Waals surface area contributed by atoms with E-state index in [2.05, 4.69) is 67.7 Å². The largest absolute Gasteiger partial charge is 0.392 e. The molecule has 0 aliphatic heterocycles. The van der Waals surface area contributed by atoms with Gasteiger partial charge in [0.15, 0.2) is 0 Å². The van der Waals surface area contributed by atoms with Crippen LogP contribution in [0.25, 0.3) is 0 Å². The summed E-state index contributed by atoms with van der Waals surface area (Å²) in [6.45, 7) is 4.87. The lowest BCUT2D eigenvalue weighted by Crippen LogP contribution is -2.31. The number of rotatable bonds is 7. The summed E-state index contributed by atoms with van der Waals surface area (Å²) in [6.07, 6.45) is 0.517. The van der Waals surface area contributed by atoms with Crippen LogP contribution in [0.2, 0.25) is 0 Å². The second-order valence-electron chi connectivity index (χ2n) is 5.95. The first-order valence-electron chi connectivity index (χ1n) is 7.68. The molecule has 2 N–H and O–H groups in total. The highest BCUT2D eigenvalue weighted by Crippen LogP contribution is 2.21. The normalized spacial score (nSPS) is 12.8. The van der Waals surface area contributed by atoms with Gasteiger partial charge in [-0.15, -0.1) is 0 Å². The minimum atomic E-state index is -0.306. The second kappa shape index (κ2) is 7.96. The average molecular weight is 283 g/mol. The zero-order valence-electron chi connectivity index (χ0n) is 12.9. The van der Waals surface area contributed by atoms with Gasteiger partial charge >= 0.3 is 0 Å². The fraction of sp³-hybridized carbons (Fsp3) is 0.368. The van der Waals surface area contributed by atoms with Crippen molar-refractivity contribution in [2.45, 2.75) is 32.4 Å². The van der Waals surface area contributed by atoms with E-state index in [9.17, 15) is 5.11 Å². The van der Waals surface area contributed by atoms with Crippen molar-refractivity contribution in [2.75, 3.05) is 6.54 Å². The van der Waals surface area contributed by atoms with E-state index in [0.29, 0.717) is 12.5 Å². The van der Waals surface area contributed by atoms with Crippen LogP contribution in [0.3, 0.4) is 0 Å². The molecule has 0 heterocycles. The Hall–Kier alpha value is -1.64. The van der Waals surface area contributed by atoms with E-state index in [1.54, 1.807) is 0 Å². The van der Waals surface area contributed by atoms with Gasteiger partial charge in [0.25, 0.3) is 0 Å². The molecule has 0 saturated heterocycles. The molecule has 0 amide bonds. The van der Waals surface area contributed by atoms with Crippen LogP contribution < -0.4 is 5.32 Å². The lowest BCUT2D eigenvalue weighted by atomic mass is 9.98. The Morgan fingerprint density at radius 2 is 1.33 bits per heavy atom. The highest BCUT2D eigenvalue weighted by atomic mass is 16.3. The Bertz CT molecular complexity index is 470. The standard InChI is InChI=1S/C19H25NO/c1-15(2)13-18(21)14-20-19(16-9-5-3-6-10-16)17-11-7-4-8-12-17/h3-12,15,18-21H,13-14H2,1-2H3. The van der Waals surface area contributed by atoms with Crippen LogP contribution in [0.5, 0.6) is 0 Å². The van der Waals surface area contributed by atoms with Crippen LogP contribution in [0.15, 0.2) is 60.7 Å². The molecule has 0 spiro atoms. The Morgan fingerprint density at radius 1 is 0.857 bits per heavy atom. The van der Waals surface area contributed by atoms with E-state index in [-0.39, 0.29) is 12.1 Å². The Kier molecular flexibility index (Phi) is 5.97. The third-order valence-corrected chi connectivity index (χ3v) is 3.57. The molecule has 21 heavy (non-hydrogen) atoms. The van der Waals surface area contributed by atoms with E-state index in [4.69, 9.17) is 0 Å². The molecule has 2 rings (SSSR count). The van der Waals surface area contributed by atoms with Crippen LogP contribution in [0.4, 0.5) is 0 Å². The van der Waals surface area contributed by atoms with E-state index in [0.717, 1.165) is 6.42 Å². The van der Waals surface area contributed by atoms with Crippen molar-refractivity contribution in [2.24, 2.45) is 5.92 Å². The van der Waals surface area contributed by atoms with Crippen molar-refractivity contribution in [1.29, 1.82) is 0 Å². The van der Waals surface area contributed by atoms with Gasteiger partial charge in [0.1, 0.15) is 0 Å². The van der Waals surface area contributed by atoms with Gasteiger partial charge in [-0.05, 0) is 23.5 Å². The first kappa shape index (κ1) is 15.7. The van der Waals surface area contributed by atoms with Crippen LogP contribution in [0, 0.1) is 5.92 Å². The predicted molar refractivity (Wildman–Crippen MR) is 88.2 cm³/mol. The molecule has 0 radical (unpaired) electrons. The smallest absolute Gasteiger partial charge is 0.0667 e. The second-order valence-corrected chi connectivity index (χ2v) is 5.95. The molecule has 2 nitrogen and oxygen atoms in total. The highest BCUT2D eigenvalue weighted by Gasteiger charge is 2.15. The zero-order chi connectivity index (χ0) is 15.1. The summed E-state index contributed by atoms with van der Waals surface area (Å²) >= 11 is 0. The van der Waals surface area contributed by atoms with Gasteiger partial charge in [0.05, 0.1) is 12.1 Å². The number of aliphatic hydroxyl groups is 1. The van der Waals surface area contributed by atoms with Crippen molar-refractivity contribution < 1.29 is 5.11 Å². The van der Waals surface area contributed by atoms with E-state index in [1.165, 1.54) is 11.1 Å². The molecule has 0 aliphatic carbocycles. The summed E-state index contributed by atoms with van der Waals surface area (Å²) in [5.41, 5.74) is 2.45. The van der Waals surface area contributed by atoms with E-state index < -0.39 is 0 Å². The quantitative estimate of drug-likeness (QED) is 0.810. The minimum absolute atomic E-state index is 0.120. The van der Waals surface area contributed by atoms with Gasteiger partial charge in [-0.25, -0.2) is 0 Å². The fourth-order valence-electron chi connectivity index (χ4n) is 2.60. The van der Waals surface area contributed by atoms with Crippen molar-refractivity contribution in [1.82, 2.24) is 5.32 Å². The van der Waals surface area contributed by atoms with Gasteiger partial charge in [0, 0.05) is 6.54 Å². The third-order valence-electron chi connectivity index (χ3n) is 3.57. The SMILES string of the molecule is CC(C)CC(O)CNC(c1ccccc1)c1ccccc1. The van der Waals surface area contributed by atoms with Crippen molar-refractivity contribution in [3.05, 3.63) is 71.8 Å². The summed E-state index contributed by atoms with van der Waals surface area (Å²) in [7, 11) is 0. The Labute approximate surface area is 127 Å². The van der Waals surface area contributed by atoms with Crippen LogP contribution in [0.1, 0.15) is 37.4 Å². The van der Waals surface area contributed by atoms with Gasteiger partial charge in [-0.3, -0.25) is 0 Å². The summed E-state index contributed by atoms with van der Waals surface area (Å²) < 4.78 is 0. The van der Waals surface area contributed by atoms with Crippen molar-refractivity contribution in [3.63, 3.8) is 0 Å². The summed E-state index contributed by atoms with van der Waals surface area (Å²) in [4.78, 5) is 0. The molecule has 0 fully saturated rings. The molecule has 1 unspecified atom stereocenters. The van der Waals surface area contributed by atoms with Crippen LogP contribution >= 0.6 is 0 Å². The summed E-state index contributed by atoms with van der Waals surface area (Å²) in [5, 5.41) is 13.6. The summed E-state index contributed by atoms with van der Waals surface area (Å²) in [6, 6.07) is 20.9. The average Bonchev–Trinajstić information content (AvgIpc) is 2.49. The third kappa shape index (κ3) is 5.00. The van der Waals surface area contributed by atoms with Gasteiger partial charge in [-0.1, -0.05) is 74.5 Å². The van der Waals surface area contributed by atoms with E-state index >= 15 is 0 Å². The molecule has 2 heteroatoms. The minimum Gasteiger partial charge on any atom is -0.392 e. The lowest BCUT2D eigenvalue weighted by Gasteiger charge is -2.22. The first-order valence-corrected chi connectivity index (χ1v) is 7.68. The number of nitrogens with one attached hydrogen (secondary N) is 1. The molecule has 0 aliphatic rings. The van der Waals surface area contributed by atoms with Crippen molar-refractivity contribution >= 4 is 0 Å². The molecule has 0 saturated carbocycles. The maximum absolute atomic E-state index is 10.1. The number of hydrogen-bond acceptors (Lipinski definition) is 2. The molecule has 2 aromatic carbocycles. The van der Waals surface area contributed by atoms with Gasteiger partial charge < -0.3 is 10.4 Å². The zero-order valence-corrected chi connectivity index (χ0v) is 12.9. The molecule has 0 bridgehead atoms. The summed E-state index contributed by atoms with van der Waals surface area (Å²) in [5.74, 6) is 0.508. The maximum atomic E-state index is 10.1. The number of hydrogen-bond donors (Lipinski definition) is 2. The van der Waals surface area contributed by atoms with Crippen molar-refractivity contribution in [3.8, 4) is 0 Å². The molecule has 1 atom stereocenters. The van der Waals surface area contributed by atoms with Crippen LogP contribution in [-0.2, 0) is 0 Å². The molecule has 2 aromatic rings. The Balaban J connectivity index is 2.10. The topological polar surface area (TPSA) is 32.3 Å². The molecular weight excluding hydrogens is 258 g/mol. The predicted octanol–water partition coefficient (Wildman–Crippen LogP) is 3.77. The Morgan fingerprint density at radius 3 is 1.76 bits per heavy atom. The monoisotopic (exact) mass is 283 g/mol. The molecule has 112 valence electrons.